The Kier molecular flexibility index (Phi) is 4.08. The van der Waals surface area contributed by atoms with E-state index in [-0.39, 0.29) is 35.1 Å². The molecule has 1 unspecified atom stereocenters. The fourth-order valence-electron chi connectivity index (χ4n) is 2.81. The number of carboxylic acid groups (broad SMARTS) is 1. The minimum Gasteiger partial charge on any atom is -0.481 e. The Balaban J connectivity index is 2.36. The van der Waals surface area contributed by atoms with Gasteiger partial charge in [-0.3, -0.25) is 9.59 Å². The van der Waals surface area contributed by atoms with Gasteiger partial charge in [0.05, 0.1) is 0 Å². The van der Waals surface area contributed by atoms with E-state index in [0.29, 0.717) is 12.8 Å². The van der Waals surface area contributed by atoms with Crippen LogP contribution in [0.4, 0.5) is 0 Å². The lowest BCUT2D eigenvalue weighted by Crippen LogP contribution is -2.35. The molecule has 0 aromatic rings. The van der Waals surface area contributed by atoms with Crippen LogP contribution in [-0.2, 0) is 9.59 Å². The summed E-state index contributed by atoms with van der Waals surface area (Å²) in [7, 11) is 0. The topological polar surface area (TPSA) is 66.4 Å². The van der Waals surface area contributed by atoms with Crippen LogP contribution in [0.5, 0.6) is 0 Å². The molecule has 4 nitrogen and oxygen atoms in total. The maximum Gasteiger partial charge on any atom is 0.303 e. The van der Waals surface area contributed by atoms with Gasteiger partial charge in [-0.25, -0.2) is 0 Å². The molecule has 2 N–H and O–H groups in total. The molecule has 1 atom stereocenters. The summed E-state index contributed by atoms with van der Waals surface area (Å²) in [5.74, 6) is -0.613. The van der Waals surface area contributed by atoms with Crippen molar-refractivity contribution in [3.63, 3.8) is 0 Å². The standard InChI is InChI=1S/C14H25NO3/c1-9(7-6-8-10(16)17)15-12(18)11-13(2,3)14(11,4)5/h9,11H,6-8H2,1-5H3,(H,15,18)(H,16,17). The molecule has 104 valence electrons. The maximum absolute atomic E-state index is 12.1. The fourth-order valence-corrected chi connectivity index (χ4v) is 2.81. The van der Waals surface area contributed by atoms with Crippen LogP contribution in [0.15, 0.2) is 0 Å². The van der Waals surface area contributed by atoms with Gasteiger partial charge < -0.3 is 10.4 Å². The average molecular weight is 255 g/mol. The zero-order chi connectivity index (χ0) is 14.1. The van der Waals surface area contributed by atoms with Crippen molar-refractivity contribution < 1.29 is 14.7 Å². The molecule has 1 fully saturated rings. The van der Waals surface area contributed by atoms with Crippen LogP contribution in [-0.4, -0.2) is 23.0 Å². The molecule has 1 rings (SSSR count). The lowest BCUT2D eigenvalue weighted by molar-refractivity contribution is -0.137. The second-order valence-corrected chi connectivity index (χ2v) is 6.57. The maximum atomic E-state index is 12.1. The van der Waals surface area contributed by atoms with Crippen molar-refractivity contribution in [2.45, 2.75) is 59.9 Å². The summed E-state index contributed by atoms with van der Waals surface area (Å²) in [6.45, 7) is 10.4. The third kappa shape index (κ3) is 2.85. The van der Waals surface area contributed by atoms with E-state index < -0.39 is 5.97 Å². The first-order chi connectivity index (χ1) is 8.10. The summed E-state index contributed by atoms with van der Waals surface area (Å²) < 4.78 is 0. The molecule has 1 saturated carbocycles. The van der Waals surface area contributed by atoms with Gasteiger partial charge in [0.15, 0.2) is 0 Å². The number of aliphatic carboxylic acids is 1. The van der Waals surface area contributed by atoms with Gasteiger partial charge in [0.2, 0.25) is 5.91 Å². The second-order valence-electron chi connectivity index (χ2n) is 6.57. The van der Waals surface area contributed by atoms with Crippen molar-refractivity contribution in [3.8, 4) is 0 Å². The summed E-state index contributed by atoms with van der Waals surface area (Å²) in [5.41, 5.74) is 0.107. The van der Waals surface area contributed by atoms with Crippen molar-refractivity contribution >= 4 is 11.9 Å². The van der Waals surface area contributed by atoms with Crippen molar-refractivity contribution in [2.75, 3.05) is 0 Å². The molecule has 0 aromatic heterocycles. The quantitative estimate of drug-likeness (QED) is 0.766. The zero-order valence-corrected chi connectivity index (χ0v) is 12.0. The van der Waals surface area contributed by atoms with E-state index in [9.17, 15) is 9.59 Å². The number of carboxylic acids is 1. The lowest BCUT2D eigenvalue weighted by atomic mass is 10.0. The van der Waals surface area contributed by atoms with E-state index in [1.165, 1.54) is 0 Å². The largest absolute Gasteiger partial charge is 0.481 e. The number of hydrogen-bond acceptors (Lipinski definition) is 2. The molecule has 0 radical (unpaired) electrons. The number of carbonyl (C=O) groups excluding carboxylic acids is 1. The van der Waals surface area contributed by atoms with Crippen LogP contribution in [0.3, 0.4) is 0 Å². The summed E-state index contributed by atoms with van der Waals surface area (Å²) in [5, 5.41) is 11.6. The van der Waals surface area contributed by atoms with Gasteiger partial charge in [-0.2, -0.15) is 0 Å². The molecule has 1 aliphatic rings. The minimum absolute atomic E-state index is 0.0454. The van der Waals surface area contributed by atoms with Gasteiger partial charge in [0.25, 0.3) is 0 Å². The van der Waals surface area contributed by atoms with E-state index in [2.05, 4.69) is 33.0 Å². The zero-order valence-electron chi connectivity index (χ0n) is 12.0. The number of nitrogens with one attached hydrogen (secondary N) is 1. The highest BCUT2D eigenvalue weighted by atomic mass is 16.4. The van der Waals surface area contributed by atoms with E-state index in [0.717, 1.165) is 0 Å². The Hall–Kier alpha value is -1.06. The number of amides is 1. The molecular formula is C14H25NO3. The molecule has 18 heavy (non-hydrogen) atoms. The molecule has 0 heterocycles. The molecule has 1 aliphatic carbocycles. The summed E-state index contributed by atoms with van der Waals surface area (Å²) in [6, 6.07) is 0.0454. The van der Waals surface area contributed by atoms with E-state index in [4.69, 9.17) is 5.11 Å². The molecular weight excluding hydrogens is 230 g/mol. The van der Waals surface area contributed by atoms with Crippen molar-refractivity contribution in [2.24, 2.45) is 16.7 Å². The van der Waals surface area contributed by atoms with E-state index >= 15 is 0 Å². The number of carbonyl (C=O) groups is 2. The van der Waals surface area contributed by atoms with Crippen molar-refractivity contribution in [3.05, 3.63) is 0 Å². The molecule has 0 aliphatic heterocycles. The van der Waals surface area contributed by atoms with Gasteiger partial charge in [0, 0.05) is 18.4 Å². The summed E-state index contributed by atoms with van der Waals surface area (Å²) in [6.07, 6.45) is 1.49. The van der Waals surface area contributed by atoms with Crippen LogP contribution in [0, 0.1) is 16.7 Å². The van der Waals surface area contributed by atoms with Crippen molar-refractivity contribution in [1.82, 2.24) is 5.32 Å². The Morgan fingerprint density at radius 1 is 1.22 bits per heavy atom. The van der Waals surface area contributed by atoms with E-state index in [1.807, 2.05) is 6.92 Å². The molecule has 0 aromatic carbocycles. The van der Waals surface area contributed by atoms with Crippen LogP contribution < -0.4 is 5.32 Å². The Morgan fingerprint density at radius 3 is 2.11 bits per heavy atom. The highest BCUT2D eigenvalue weighted by Gasteiger charge is 2.68. The van der Waals surface area contributed by atoms with Gasteiger partial charge in [-0.1, -0.05) is 27.7 Å². The smallest absolute Gasteiger partial charge is 0.303 e. The lowest BCUT2D eigenvalue weighted by Gasteiger charge is -2.14. The highest BCUT2D eigenvalue weighted by molar-refractivity contribution is 5.84. The average Bonchev–Trinajstić information content (AvgIpc) is 2.55. The monoisotopic (exact) mass is 255 g/mol. The molecule has 0 spiro atoms. The first-order valence-corrected chi connectivity index (χ1v) is 6.63. The molecule has 4 heteroatoms. The van der Waals surface area contributed by atoms with Crippen LogP contribution in [0.25, 0.3) is 0 Å². The van der Waals surface area contributed by atoms with Crippen LogP contribution in [0.2, 0.25) is 0 Å². The molecule has 0 saturated heterocycles. The fraction of sp³-hybridized carbons (Fsp3) is 0.857. The molecule has 0 bridgehead atoms. The van der Waals surface area contributed by atoms with Gasteiger partial charge >= 0.3 is 5.97 Å². The summed E-state index contributed by atoms with van der Waals surface area (Å²) >= 11 is 0. The van der Waals surface area contributed by atoms with Gasteiger partial charge in [-0.15, -0.1) is 0 Å². The van der Waals surface area contributed by atoms with Crippen molar-refractivity contribution in [1.29, 1.82) is 0 Å². The predicted octanol–water partition coefficient (Wildman–Crippen LogP) is 2.43. The Labute approximate surface area is 109 Å². The second kappa shape index (κ2) is 4.90. The van der Waals surface area contributed by atoms with E-state index in [1.54, 1.807) is 0 Å². The normalized spacial score (nSPS) is 22.3. The third-order valence-electron chi connectivity index (χ3n) is 4.70. The summed E-state index contributed by atoms with van der Waals surface area (Å²) in [4.78, 5) is 22.5. The van der Waals surface area contributed by atoms with Gasteiger partial charge in [-0.05, 0) is 30.6 Å². The van der Waals surface area contributed by atoms with Crippen LogP contribution >= 0.6 is 0 Å². The predicted molar refractivity (Wildman–Crippen MR) is 70.1 cm³/mol. The minimum atomic E-state index is -0.780. The number of hydrogen-bond donors (Lipinski definition) is 2. The highest BCUT2D eigenvalue weighted by Crippen LogP contribution is 2.68. The third-order valence-corrected chi connectivity index (χ3v) is 4.70. The molecule has 1 amide bonds. The Morgan fingerprint density at radius 2 is 1.72 bits per heavy atom. The van der Waals surface area contributed by atoms with Crippen LogP contribution in [0.1, 0.15) is 53.9 Å². The number of rotatable bonds is 6. The first-order valence-electron chi connectivity index (χ1n) is 6.63. The SMILES string of the molecule is CC(CCCC(=O)O)NC(=O)C1C(C)(C)C1(C)C. The van der Waals surface area contributed by atoms with Gasteiger partial charge in [0.1, 0.15) is 0 Å². The first kappa shape index (κ1) is 15.0. The Bertz CT molecular complexity index is 333.